The quantitative estimate of drug-likeness (QED) is 0.604. The average Bonchev–Trinajstić information content (AvgIpc) is 2.07. The molecule has 0 aromatic carbocycles. The molecular weight excluding hydrogens is 144 g/mol. The zero-order valence-electron chi connectivity index (χ0n) is 6.84. The average molecular weight is 158 g/mol. The van der Waals surface area contributed by atoms with Crippen LogP contribution >= 0.6 is 0 Å². The van der Waals surface area contributed by atoms with E-state index in [1.54, 1.807) is 7.11 Å². The van der Waals surface area contributed by atoms with Crippen LogP contribution in [0.25, 0.3) is 0 Å². The molecule has 3 nitrogen and oxygen atoms in total. The fourth-order valence-electron chi connectivity index (χ4n) is 1.25. The van der Waals surface area contributed by atoms with Crippen LogP contribution in [0.4, 0.5) is 0 Å². The molecule has 1 fully saturated rings. The molecule has 1 heterocycles. The number of ketones is 1. The van der Waals surface area contributed by atoms with Crippen molar-refractivity contribution in [1.82, 2.24) is 0 Å². The van der Waals surface area contributed by atoms with Crippen molar-refractivity contribution in [2.45, 2.75) is 12.8 Å². The second kappa shape index (κ2) is 4.46. The van der Waals surface area contributed by atoms with Gasteiger partial charge in [-0.05, 0) is 12.8 Å². The Morgan fingerprint density at radius 1 is 1.73 bits per heavy atom. The maximum absolute atomic E-state index is 11.2. The summed E-state index contributed by atoms with van der Waals surface area (Å²) in [5, 5.41) is 0. The van der Waals surface area contributed by atoms with Gasteiger partial charge in [0.25, 0.3) is 0 Å². The first-order chi connectivity index (χ1) is 5.34. The fraction of sp³-hybridized carbons (Fsp3) is 0.875. The molecule has 0 saturated carbocycles. The third kappa shape index (κ3) is 2.60. The monoisotopic (exact) mass is 158 g/mol. The van der Waals surface area contributed by atoms with Gasteiger partial charge in [0.05, 0.1) is 6.61 Å². The van der Waals surface area contributed by atoms with Crippen molar-refractivity contribution >= 4 is 5.78 Å². The van der Waals surface area contributed by atoms with Crippen LogP contribution in [0.1, 0.15) is 12.8 Å². The molecule has 1 aliphatic heterocycles. The predicted molar refractivity (Wildman–Crippen MR) is 40.4 cm³/mol. The van der Waals surface area contributed by atoms with Crippen molar-refractivity contribution in [2.24, 2.45) is 5.92 Å². The van der Waals surface area contributed by atoms with Crippen molar-refractivity contribution in [3.05, 3.63) is 0 Å². The van der Waals surface area contributed by atoms with Crippen LogP contribution in [-0.4, -0.2) is 32.7 Å². The van der Waals surface area contributed by atoms with Crippen LogP contribution in [-0.2, 0) is 14.3 Å². The van der Waals surface area contributed by atoms with Crippen molar-refractivity contribution < 1.29 is 14.3 Å². The Morgan fingerprint density at radius 2 is 2.55 bits per heavy atom. The summed E-state index contributed by atoms with van der Waals surface area (Å²) in [4.78, 5) is 11.2. The molecular formula is C8H14O3. The summed E-state index contributed by atoms with van der Waals surface area (Å²) in [6.07, 6.45) is 1.96. The van der Waals surface area contributed by atoms with Gasteiger partial charge in [-0.2, -0.15) is 0 Å². The Kier molecular flexibility index (Phi) is 3.52. The van der Waals surface area contributed by atoms with E-state index in [2.05, 4.69) is 0 Å². The van der Waals surface area contributed by atoms with Gasteiger partial charge in [0.1, 0.15) is 6.61 Å². The minimum Gasteiger partial charge on any atom is -0.381 e. The van der Waals surface area contributed by atoms with Crippen LogP contribution in [0.15, 0.2) is 0 Å². The van der Waals surface area contributed by atoms with Gasteiger partial charge in [-0.3, -0.25) is 4.79 Å². The van der Waals surface area contributed by atoms with Gasteiger partial charge in [-0.25, -0.2) is 0 Å². The molecule has 64 valence electrons. The van der Waals surface area contributed by atoms with E-state index < -0.39 is 0 Å². The van der Waals surface area contributed by atoms with Crippen molar-refractivity contribution in [3.8, 4) is 0 Å². The van der Waals surface area contributed by atoms with Crippen molar-refractivity contribution in [1.29, 1.82) is 0 Å². The van der Waals surface area contributed by atoms with Crippen molar-refractivity contribution in [3.63, 3.8) is 0 Å². The molecule has 0 radical (unpaired) electrons. The topological polar surface area (TPSA) is 35.5 Å². The Bertz CT molecular complexity index is 127. The van der Waals surface area contributed by atoms with E-state index in [9.17, 15) is 4.79 Å². The van der Waals surface area contributed by atoms with Crippen LogP contribution in [0.5, 0.6) is 0 Å². The molecule has 1 aliphatic rings. The molecule has 3 heteroatoms. The number of carbonyl (C=O) groups excluding carboxylic acids is 1. The summed E-state index contributed by atoms with van der Waals surface area (Å²) in [6, 6.07) is 0. The summed E-state index contributed by atoms with van der Waals surface area (Å²) >= 11 is 0. The van der Waals surface area contributed by atoms with Crippen LogP contribution in [0.2, 0.25) is 0 Å². The molecule has 11 heavy (non-hydrogen) atoms. The highest BCUT2D eigenvalue weighted by Crippen LogP contribution is 2.14. The molecule has 0 aromatic heterocycles. The second-order valence-electron chi connectivity index (χ2n) is 2.81. The van der Waals surface area contributed by atoms with Crippen LogP contribution in [0, 0.1) is 5.92 Å². The highest BCUT2D eigenvalue weighted by Gasteiger charge is 2.20. The third-order valence-corrected chi connectivity index (χ3v) is 1.90. The summed E-state index contributed by atoms with van der Waals surface area (Å²) in [5.41, 5.74) is 0. The first kappa shape index (κ1) is 8.68. The summed E-state index contributed by atoms with van der Waals surface area (Å²) in [6.45, 7) is 1.62. The Labute approximate surface area is 66.7 Å². The van der Waals surface area contributed by atoms with Gasteiger partial charge in [0, 0.05) is 19.6 Å². The fourth-order valence-corrected chi connectivity index (χ4v) is 1.25. The third-order valence-electron chi connectivity index (χ3n) is 1.90. The van der Waals surface area contributed by atoms with E-state index in [1.807, 2.05) is 0 Å². The molecule has 1 saturated heterocycles. The number of hydrogen-bond acceptors (Lipinski definition) is 3. The van der Waals surface area contributed by atoms with Crippen LogP contribution in [0.3, 0.4) is 0 Å². The van der Waals surface area contributed by atoms with Gasteiger partial charge in [0.15, 0.2) is 5.78 Å². The number of rotatable bonds is 3. The predicted octanol–water partition coefficient (Wildman–Crippen LogP) is 0.629. The second-order valence-corrected chi connectivity index (χ2v) is 2.81. The minimum absolute atomic E-state index is 0.0868. The molecule has 1 rings (SSSR count). The van der Waals surface area contributed by atoms with E-state index in [1.165, 1.54) is 0 Å². The highest BCUT2D eigenvalue weighted by molar-refractivity contribution is 5.82. The standard InChI is InChI=1S/C8H14O3/c1-10-6-8(9)7-3-2-4-11-5-7/h7H,2-6H2,1H3/t7-/m0/s1. The Morgan fingerprint density at radius 3 is 3.09 bits per heavy atom. The number of hydrogen-bond donors (Lipinski definition) is 0. The lowest BCUT2D eigenvalue weighted by Gasteiger charge is -2.20. The zero-order valence-corrected chi connectivity index (χ0v) is 6.84. The van der Waals surface area contributed by atoms with Gasteiger partial charge in [0.2, 0.25) is 0 Å². The normalized spacial score (nSPS) is 25.0. The lowest BCUT2D eigenvalue weighted by Crippen LogP contribution is -2.27. The molecule has 0 aliphatic carbocycles. The summed E-state index contributed by atoms with van der Waals surface area (Å²) in [7, 11) is 1.54. The minimum atomic E-state index is 0.0868. The van der Waals surface area contributed by atoms with E-state index >= 15 is 0 Å². The van der Waals surface area contributed by atoms with Gasteiger partial charge < -0.3 is 9.47 Å². The van der Waals surface area contributed by atoms with Crippen LogP contribution < -0.4 is 0 Å². The maximum atomic E-state index is 11.2. The first-order valence-electron chi connectivity index (χ1n) is 3.94. The summed E-state index contributed by atoms with van der Waals surface area (Å²) < 4.78 is 9.92. The van der Waals surface area contributed by atoms with Gasteiger partial charge >= 0.3 is 0 Å². The van der Waals surface area contributed by atoms with E-state index in [4.69, 9.17) is 9.47 Å². The largest absolute Gasteiger partial charge is 0.381 e. The molecule has 0 unspecified atom stereocenters. The smallest absolute Gasteiger partial charge is 0.163 e. The van der Waals surface area contributed by atoms with Gasteiger partial charge in [-0.1, -0.05) is 0 Å². The number of ether oxygens (including phenoxy) is 2. The molecule has 0 spiro atoms. The number of carbonyl (C=O) groups is 1. The highest BCUT2D eigenvalue weighted by atomic mass is 16.5. The first-order valence-corrected chi connectivity index (χ1v) is 3.94. The Balaban J connectivity index is 2.27. The Hall–Kier alpha value is -0.410. The number of Topliss-reactive ketones (excluding diaryl/α,β-unsaturated/α-hetero) is 1. The lowest BCUT2D eigenvalue weighted by molar-refractivity contribution is -0.130. The number of methoxy groups -OCH3 is 1. The van der Waals surface area contributed by atoms with E-state index in [0.717, 1.165) is 19.4 Å². The molecule has 0 aromatic rings. The maximum Gasteiger partial charge on any atom is 0.163 e. The molecule has 1 atom stereocenters. The lowest BCUT2D eigenvalue weighted by atomic mass is 9.98. The van der Waals surface area contributed by atoms with E-state index in [-0.39, 0.29) is 18.3 Å². The SMILES string of the molecule is COCC(=O)[C@H]1CCCOC1. The van der Waals surface area contributed by atoms with E-state index in [0.29, 0.717) is 6.61 Å². The zero-order chi connectivity index (χ0) is 8.10. The molecule has 0 amide bonds. The molecule has 0 bridgehead atoms. The molecule has 0 N–H and O–H groups in total. The summed E-state index contributed by atoms with van der Waals surface area (Å²) in [5.74, 6) is 0.260. The van der Waals surface area contributed by atoms with Gasteiger partial charge in [-0.15, -0.1) is 0 Å². The van der Waals surface area contributed by atoms with Crippen molar-refractivity contribution in [2.75, 3.05) is 26.9 Å².